The summed E-state index contributed by atoms with van der Waals surface area (Å²) in [5, 5.41) is 3.06. The molecule has 1 aliphatic rings. The van der Waals surface area contributed by atoms with E-state index in [1.54, 1.807) is 0 Å². The minimum atomic E-state index is -0.908. The lowest BCUT2D eigenvalue weighted by Crippen LogP contribution is -2.22. The van der Waals surface area contributed by atoms with E-state index in [2.05, 4.69) is 10.1 Å². The van der Waals surface area contributed by atoms with Crippen LogP contribution in [-0.4, -0.2) is 19.1 Å². The van der Waals surface area contributed by atoms with Crippen molar-refractivity contribution in [2.45, 2.75) is 32.2 Å². The van der Waals surface area contributed by atoms with Crippen molar-refractivity contribution in [1.82, 2.24) is 0 Å². The first-order chi connectivity index (χ1) is 9.06. The first kappa shape index (κ1) is 13.8. The van der Waals surface area contributed by atoms with Crippen LogP contribution in [0.25, 0.3) is 0 Å². The van der Waals surface area contributed by atoms with Crippen molar-refractivity contribution in [1.29, 1.82) is 0 Å². The highest BCUT2D eigenvalue weighted by Crippen LogP contribution is 2.36. The Morgan fingerprint density at radius 1 is 1.42 bits per heavy atom. The molecule has 1 atom stereocenters. The molecule has 0 aliphatic heterocycles. The average Bonchev–Trinajstić information content (AvgIpc) is 3.21. The second-order valence-electron chi connectivity index (χ2n) is 4.80. The van der Waals surface area contributed by atoms with Crippen LogP contribution in [0.5, 0.6) is 0 Å². The van der Waals surface area contributed by atoms with Crippen LogP contribution in [0.2, 0.25) is 0 Å². The van der Waals surface area contributed by atoms with E-state index in [1.165, 1.54) is 6.07 Å². The third kappa shape index (κ3) is 3.03. The normalized spacial score (nSPS) is 16.0. The topological polar surface area (TPSA) is 38.3 Å². The Bertz CT molecular complexity index is 487. The molecule has 2 rings (SSSR count). The minimum absolute atomic E-state index is 0.153. The van der Waals surface area contributed by atoms with E-state index >= 15 is 0 Å². The van der Waals surface area contributed by atoms with Gasteiger partial charge in [0.05, 0.1) is 18.4 Å². The van der Waals surface area contributed by atoms with Crippen LogP contribution in [0.15, 0.2) is 12.1 Å². The molecule has 0 saturated heterocycles. The highest BCUT2D eigenvalue weighted by Gasteiger charge is 2.30. The molecule has 3 nitrogen and oxygen atoms in total. The van der Waals surface area contributed by atoms with Gasteiger partial charge in [0, 0.05) is 12.1 Å². The zero-order valence-electron chi connectivity index (χ0n) is 11.0. The lowest BCUT2D eigenvalue weighted by Gasteiger charge is -2.18. The summed E-state index contributed by atoms with van der Waals surface area (Å²) in [5.74, 6) is -1.87. The fourth-order valence-electron chi connectivity index (χ4n) is 2.18. The second kappa shape index (κ2) is 5.55. The molecular weight excluding hydrogens is 252 g/mol. The lowest BCUT2D eigenvalue weighted by molar-refractivity contribution is 0.0595. The summed E-state index contributed by atoms with van der Waals surface area (Å²) in [6, 6.07) is 2.06. The zero-order chi connectivity index (χ0) is 14.0. The van der Waals surface area contributed by atoms with Crippen LogP contribution in [0, 0.1) is 17.6 Å². The van der Waals surface area contributed by atoms with Crippen molar-refractivity contribution in [2.24, 2.45) is 5.92 Å². The van der Waals surface area contributed by atoms with Crippen LogP contribution in [0.1, 0.15) is 36.5 Å². The number of hydrogen-bond acceptors (Lipinski definition) is 3. The third-order valence-electron chi connectivity index (χ3n) is 3.43. The number of anilines is 1. The van der Waals surface area contributed by atoms with Gasteiger partial charge in [-0.3, -0.25) is 0 Å². The number of halogens is 2. The standard InChI is InChI=1S/C14H17F2NO2/c1-3-12(8-4-5-8)17-13-6-9(14(18)19-2)10(15)7-11(13)16/h6-8,12,17H,3-5H2,1-2H3. The monoisotopic (exact) mass is 269 g/mol. The Balaban J connectivity index is 2.26. The van der Waals surface area contributed by atoms with Crippen molar-refractivity contribution in [3.05, 3.63) is 29.3 Å². The number of carbonyl (C=O) groups is 1. The van der Waals surface area contributed by atoms with Crippen LogP contribution >= 0.6 is 0 Å². The Labute approximate surface area is 111 Å². The van der Waals surface area contributed by atoms with Crippen LogP contribution < -0.4 is 5.32 Å². The Morgan fingerprint density at radius 3 is 2.63 bits per heavy atom. The van der Waals surface area contributed by atoms with Crippen LogP contribution in [0.3, 0.4) is 0 Å². The molecule has 0 radical (unpaired) electrons. The fourth-order valence-corrected chi connectivity index (χ4v) is 2.18. The van der Waals surface area contributed by atoms with Gasteiger partial charge in [-0.1, -0.05) is 6.92 Å². The number of hydrogen-bond donors (Lipinski definition) is 1. The first-order valence-electron chi connectivity index (χ1n) is 6.40. The number of rotatable bonds is 5. The molecular formula is C14H17F2NO2. The molecule has 1 aromatic rings. The van der Waals surface area contributed by atoms with Gasteiger partial charge in [-0.2, -0.15) is 0 Å². The van der Waals surface area contributed by atoms with E-state index in [0.717, 1.165) is 26.4 Å². The van der Waals surface area contributed by atoms with Gasteiger partial charge in [0.15, 0.2) is 0 Å². The maximum Gasteiger partial charge on any atom is 0.340 e. The average molecular weight is 269 g/mol. The Morgan fingerprint density at radius 2 is 2.11 bits per heavy atom. The highest BCUT2D eigenvalue weighted by molar-refractivity contribution is 5.90. The predicted octanol–water partition coefficient (Wildman–Crippen LogP) is 3.35. The maximum atomic E-state index is 13.7. The number of ether oxygens (including phenoxy) is 1. The van der Waals surface area contributed by atoms with E-state index in [-0.39, 0.29) is 17.3 Å². The summed E-state index contributed by atoms with van der Waals surface area (Å²) >= 11 is 0. The molecule has 0 spiro atoms. The number of carbonyl (C=O) groups excluding carboxylic acids is 1. The summed E-state index contributed by atoms with van der Waals surface area (Å²) in [6.45, 7) is 2.01. The summed E-state index contributed by atoms with van der Waals surface area (Å²) < 4.78 is 31.7. The molecule has 0 amide bonds. The molecule has 1 saturated carbocycles. The molecule has 1 aromatic carbocycles. The SMILES string of the molecule is CCC(Nc1cc(C(=O)OC)c(F)cc1F)C1CC1. The van der Waals surface area contributed by atoms with E-state index in [4.69, 9.17) is 0 Å². The number of nitrogens with one attached hydrogen (secondary N) is 1. The summed E-state index contributed by atoms with van der Waals surface area (Å²) in [5.41, 5.74) is -0.0994. The van der Waals surface area contributed by atoms with Gasteiger partial charge in [-0.15, -0.1) is 0 Å². The molecule has 1 fully saturated rings. The highest BCUT2D eigenvalue weighted by atomic mass is 19.1. The van der Waals surface area contributed by atoms with Gasteiger partial charge < -0.3 is 10.1 Å². The van der Waals surface area contributed by atoms with E-state index in [9.17, 15) is 13.6 Å². The number of benzene rings is 1. The smallest absolute Gasteiger partial charge is 0.340 e. The van der Waals surface area contributed by atoms with Crippen molar-refractivity contribution in [2.75, 3.05) is 12.4 Å². The zero-order valence-corrected chi connectivity index (χ0v) is 11.0. The van der Waals surface area contributed by atoms with Crippen molar-refractivity contribution >= 4 is 11.7 Å². The van der Waals surface area contributed by atoms with Gasteiger partial charge in [-0.05, 0) is 31.2 Å². The van der Waals surface area contributed by atoms with E-state index in [0.29, 0.717) is 12.0 Å². The molecule has 104 valence electrons. The fraction of sp³-hybridized carbons (Fsp3) is 0.500. The van der Waals surface area contributed by atoms with Crippen LogP contribution in [-0.2, 0) is 4.74 Å². The van der Waals surface area contributed by atoms with Crippen molar-refractivity contribution < 1.29 is 18.3 Å². The summed E-state index contributed by atoms with van der Waals surface area (Å²) in [4.78, 5) is 11.4. The summed E-state index contributed by atoms with van der Waals surface area (Å²) in [7, 11) is 1.16. The number of methoxy groups -OCH3 is 1. The van der Waals surface area contributed by atoms with Crippen molar-refractivity contribution in [3.8, 4) is 0 Å². The van der Waals surface area contributed by atoms with Gasteiger partial charge in [0.25, 0.3) is 0 Å². The minimum Gasteiger partial charge on any atom is -0.465 e. The molecule has 5 heteroatoms. The Kier molecular flexibility index (Phi) is 4.02. The van der Waals surface area contributed by atoms with Crippen molar-refractivity contribution in [3.63, 3.8) is 0 Å². The molecule has 1 N–H and O–H groups in total. The number of esters is 1. The molecule has 1 aliphatic carbocycles. The molecule has 19 heavy (non-hydrogen) atoms. The molecule has 1 unspecified atom stereocenters. The van der Waals surface area contributed by atoms with E-state index < -0.39 is 17.6 Å². The Hall–Kier alpha value is -1.65. The van der Waals surface area contributed by atoms with Gasteiger partial charge >= 0.3 is 5.97 Å². The predicted molar refractivity (Wildman–Crippen MR) is 68.1 cm³/mol. The van der Waals surface area contributed by atoms with Gasteiger partial charge in [0.2, 0.25) is 0 Å². The van der Waals surface area contributed by atoms with Gasteiger partial charge in [-0.25, -0.2) is 13.6 Å². The third-order valence-corrected chi connectivity index (χ3v) is 3.43. The maximum absolute atomic E-state index is 13.7. The summed E-state index contributed by atoms with van der Waals surface area (Å²) in [6.07, 6.45) is 3.10. The van der Waals surface area contributed by atoms with Crippen LogP contribution in [0.4, 0.5) is 14.5 Å². The molecule has 0 bridgehead atoms. The molecule has 0 aromatic heterocycles. The lowest BCUT2D eigenvalue weighted by atomic mass is 10.1. The second-order valence-corrected chi connectivity index (χ2v) is 4.80. The largest absolute Gasteiger partial charge is 0.465 e. The quantitative estimate of drug-likeness (QED) is 0.833. The first-order valence-corrected chi connectivity index (χ1v) is 6.40. The van der Waals surface area contributed by atoms with Gasteiger partial charge in [0.1, 0.15) is 11.6 Å². The molecule has 0 heterocycles. The van der Waals surface area contributed by atoms with E-state index in [1.807, 2.05) is 6.92 Å².